The van der Waals surface area contributed by atoms with Gasteiger partial charge >= 0.3 is 8.69 Å². The van der Waals surface area contributed by atoms with E-state index in [4.69, 9.17) is 13.3 Å². The summed E-state index contributed by atoms with van der Waals surface area (Å²) >= 11 is -3.11. The van der Waals surface area contributed by atoms with Crippen LogP contribution in [0.3, 0.4) is 0 Å². The van der Waals surface area contributed by atoms with Crippen LogP contribution >= 0.6 is 8.69 Å². The fourth-order valence-electron chi connectivity index (χ4n) is 1.21. The number of amides is 1. The Kier molecular flexibility index (Phi) is 14.0. The van der Waals surface area contributed by atoms with Crippen molar-refractivity contribution in [1.82, 2.24) is 4.90 Å². The molecule has 0 atom stereocenters. The summed E-state index contributed by atoms with van der Waals surface area (Å²) in [6, 6.07) is 0. The van der Waals surface area contributed by atoms with Gasteiger partial charge in [0.25, 0.3) is 0 Å². The molecule has 21 heavy (non-hydrogen) atoms. The fraction of sp³-hybridized carbons (Fsp3) is 0.727. The summed E-state index contributed by atoms with van der Waals surface area (Å²) in [6.07, 6.45) is 3.28. The van der Waals surface area contributed by atoms with E-state index in [0.29, 0.717) is 13.0 Å². The number of likely N-dealkylation sites (N-methyl/N-ethyl adjacent to an activating group) is 1. The number of carbonyl (C=O) groups excluding carboxylic acids is 1. The molecule has 0 unspecified atom stereocenters. The van der Waals surface area contributed by atoms with Gasteiger partial charge in [0, 0.05) is 13.0 Å². The SMILES string of the molecule is C=CN1CCCC1=O.C[N+](C)(C)CCOP=O.O=S([O-])[O-]. The fourth-order valence-corrected chi connectivity index (χ4v) is 1.37. The molecule has 0 aromatic rings. The molecule has 1 fully saturated rings. The topological polar surface area (TPSA) is 110 Å². The Morgan fingerprint density at radius 3 is 2.24 bits per heavy atom. The highest BCUT2D eigenvalue weighted by molar-refractivity contribution is 7.72. The summed E-state index contributed by atoms with van der Waals surface area (Å²) in [4.78, 5) is 12.3. The van der Waals surface area contributed by atoms with Crippen LogP contribution in [0.2, 0.25) is 0 Å². The smallest absolute Gasteiger partial charge is 0.327 e. The van der Waals surface area contributed by atoms with Gasteiger partial charge in [0.15, 0.2) is 0 Å². The zero-order valence-corrected chi connectivity index (χ0v) is 14.2. The van der Waals surface area contributed by atoms with Gasteiger partial charge in [0.2, 0.25) is 5.91 Å². The van der Waals surface area contributed by atoms with Crippen LogP contribution in [0.25, 0.3) is 0 Å². The lowest BCUT2D eigenvalue weighted by molar-refractivity contribution is -0.870. The molecule has 0 aromatic carbocycles. The summed E-state index contributed by atoms with van der Waals surface area (Å²) in [5, 5.41) is 0. The molecule has 0 spiro atoms. The molecule has 0 N–H and O–H groups in total. The molecule has 0 aliphatic carbocycles. The van der Waals surface area contributed by atoms with E-state index in [1.807, 2.05) is 0 Å². The molecular weight excluding hydrogens is 319 g/mol. The highest BCUT2D eigenvalue weighted by Gasteiger charge is 2.16. The van der Waals surface area contributed by atoms with Gasteiger partial charge in [-0.25, -0.2) is 4.57 Å². The summed E-state index contributed by atoms with van der Waals surface area (Å²) in [5.41, 5.74) is 0. The Morgan fingerprint density at radius 1 is 1.48 bits per heavy atom. The van der Waals surface area contributed by atoms with Crippen molar-refractivity contribution in [3.8, 4) is 0 Å². The van der Waals surface area contributed by atoms with E-state index in [1.54, 1.807) is 11.1 Å². The van der Waals surface area contributed by atoms with E-state index in [9.17, 15) is 9.36 Å². The van der Waals surface area contributed by atoms with Gasteiger partial charge in [0.1, 0.15) is 13.2 Å². The maximum atomic E-state index is 10.7. The van der Waals surface area contributed by atoms with Crippen LogP contribution in [-0.2, 0) is 25.2 Å². The monoisotopic (exact) mass is 341 g/mol. The number of hydrogen-bond donors (Lipinski definition) is 0. The van der Waals surface area contributed by atoms with E-state index in [2.05, 4.69) is 32.2 Å². The number of hydrogen-bond acceptors (Lipinski definition) is 6. The number of likely N-dealkylation sites (tertiary alicyclic amines) is 1. The van der Waals surface area contributed by atoms with E-state index < -0.39 is 11.4 Å². The minimum atomic E-state index is -3.11. The van der Waals surface area contributed by atoms with Crippen molar-refractivity contribution in [1.29, 1.82) is 0 Å². The van der Waals surface area contributed by atoms with Gasteiger partial charge in [-0.3, -0.25) is 13.5 Å². The Balaban J connectivity index is 0. The minimum Gasteiger partial charge on any atom is -0.784 e. The molecule has 10 heteroatoms. The molecule has 1 amide bonds. The molecule has 1 heterocycles. The first-order chi connectivity index (χ1) is 9.64. The van der Waals surface area contributed by atoms with Crippen LogP contribution < -0.4 is 0 Å². The highest BCUT2D eigenvalue weighted by atomic mass is 32.2. The van der Waals surface area contributed by atoms with E-state index in [0.717, 1.165) is 24.0 Å². The summed E-state index contributed by atoms with van der Waals surface area (Å²) in [5.74, 6) is 0.208. The lowest BCUT2D eigenvalue weighted by Gasteiger charge is -2.22. The highest BCUT2D eigenvalue weighted by Crippen LogP contribution is 2.08. The summed E-state index contributed by atoms with van der Waals surface area (Å²) < 4.78 is 40.5. The van der Waals surface area contributed by atoms with Crippen LogP contribution in [0.1, 0.15) is 12.8 Å². The van der Waals surface area contributed by atoms with Crippen molar-refractivity contribution >= 4 is 26.0 Å². The standard InChI is InChI=1S/C6H9NO.C5H13NO2P.H2O3S/c1-2-7-5-3-4-6(7)8;1-6(2,3)4-5-8-9-7;1-4(2)3/h2H,1,3-5H2;4-5H2,1-3H3;(H2,1,2,3)/q;+1;/p-2. The molecule has 0 aromatic heterocycles. The molecular formula is C11H22N2O6PS-. The minimum absolute atomic E-state index is 0.208. The Bertz CT molecular complexity index is 344. The van der Waals surface area contributed by atoms with Crippen LogP contribution in [-0.4, -0.2) is 69.4 Å². The van der Waals surface area contributed by atoms with Crippen molar-refractivity contribution in [3.05, 3.63) is 12.8 Å². The molecule has 1 aliphatic heterocycles. The van der Waals surface area contributed by atoms with Crippen molar-refractivity contribution in [2.45, 2.75) is 12.8 Å². The molecule has 1 aliphatic rings. The summed E-state index contributed by atoms with van der Waals surface area (Å²) in [7, 11) is 5.96. The zero-order chi connectivity index (χ0) is 16.9. The molecule has 0 bridgehead atoms. The Morgan fingerprint density at radius 2 is 2.00 bits per heavy atom. The van der Waals surface area contributed by atoms with Crippen molar-refractivity contribution < 1.29 is 31.7 Å². The largest absolute Gasteiger partial charge is 0.784 e. The number of carbonyl (C=O) groups is 1. The van der Waals surface area contributed by atoms with Gasteiger partial charge in [0.05, 0.1) is 21.1 Å². The lowest BCUT2D eigenvalue weighted by atomic mass is 10.4. The third-order valence-electron chi connectivity index (χ3n) is 2.24. The average molecular weight is 341 g/mol. The molecule has 1 saturated heterocycles. The first-order valence-corrected chi connectivity index (χ1v) is 7.81. The molecule has 1 rings (SSSR count). The first kappa shape index (κ1) is 22.6. The maximum Gasteiger partial charge on any atom is 0.327 e. The molecule has 0 radical (unpaired) electrons. The van der Waals surface area contributed by atoms with Gasteiger partial charge in [-0.15, -0.1) is 11.4 Å². The number of nitrogens with zero attached hydrogens (tertiary/aromatic N) is 2. The zero-order valence-electron chi connectivity index (χ0n) is 12.5. The van der Waals surface area contributed by atoms with Gasteiger partial charge in [-0.2, -0.15) is 0 Å². The summed E-state index contributed by atoms with van der Waals surface area (Å²) in [6.45, 7) is 5.80. The van der Waals surface area contributed by atoms with Crippen LogP contribution in [0, 0.1) is 0 Å². The second-order valence-corrected chi connectivity index (χ2v) is 5.81. The van der Waals surface area contributed by atoms with Crippen molar-refractivity contribution in [2.75, 3.05) is 40.8 Å². The van der Waals surface area contributed by atoms with Crippen molar-refractivity contribution in [3.63, 3.8) is 0 Å². The second-order valence-electron chi connectivity index (χ2n) is 5.00. The van der Waals surface area contributed by atoms with E-state index >= 15 is 0 Å². The number of quaternary nitrogens is 1. The van der Waals surface area contributed by atoms with Crippen LogP contribution in [0.4, 0.5) is 0 Å². The third-order valence-corrected chi connectivity index (χ3v) is 2.52. The van der Waals surface area contributed by atoms with Crippen molar-refractivity contribution in [2.24, 2.45) is 0 Å². The van der Waals surface area contributed by atoms with Crippen LogP contribution in [0.5, 0.6) is 0 Å². The van der Waals surface area contributed by atoms with E-state index in [-0.39, 0.29) is 14.6 Å². The maximum absolute atomic E-state index is 10.7. The van der Waals surface area contributed by atoms with E-state index in [1.165, 1.54) is 0 Å². The first-order valence-electron chi connectivity index (χ1n) is 6.08. The predicted octanol–water partition coefficient (Wildman–Crippen LogP) is 0.664. The van der Waals surface area contributed by atoms with Crippen LogP contribution in [0.15, 0.2) is 12.8 Å². The second kappa shape index (κ2) is 13.0. The molecule has 8 nitrogen and oxygen atoms in total. The average Bonchev–Trinajstić information content (AvgIpc) is 2.73. The van der Waals surface area contributed by atoms with Gasteiger partial charge < -0.3 is 18.5 Å². The quantitative estimate of drug-likeness (QED) is 0.314. The predicted molar refractivity (Wildman–Crippen MR) is 77.3 cm³/mol. The Labute approximate surface area is 129 Å². The third kappa shape index (κ3) is 19.3. The Hall–Kier alpha value is -0.700. The lowest BCUT2D eigenvalue weighted by Crippen LogP contribution is -2.37. The normalized spacial score (nSPS) is 14.4. The molecule has 124 valence electrons. The molecule has 0 saturated carbocycles. The number of rotatable bonds is 5. The van der Waals surface area contributed by atoms with Gasteiger partial charge in [-0.05, 0) is 12.6 Å². The van der Waals surface area contributed by atoms with Gasteiger partial charge in [-0.1, -0.05) is 6.58 Å².